The van der Waals surface area contributed by atoms with Crippen molar-refractivity contribution in [3.8, 4) is 5.75 Å². The van der Waals surface area contributed by atoms with E-state index >= 15 is 0 Å². The van der Waals surface area contributed by atoms with Crippen molar-refractivity contribution in [3.05, 3.63) is 28.2 Å². The summed E-state index contributed by atoms with van der Waals surface area (Å²) in [6.07, 6.45) is 3.51. The molecule has 1 aromatic rings. The number of hydrogen-bond acceptors (Lipinski definition) is 2. The van der Waals surface area contributed by atoms with Crippen molar-refractivity contribution in [3.63, 3.8) is 0 Å². The van der Waals surface area contributed by atoms with Gasteiger partial charge in [-0.15, -0.1) is 0 Å². The maximum absolute atomic E-state index is 5.24. The third kappa shape index (κ3) is 7.32. The van der Waals surface area contributed by atoms with Crippen molar-refractivity contribution in [1.29, 1.82) is 0 Å². The number of hydrogen-bond donors (Lipinski definition) is 1. The van der Waals surface area contributed by atoms with Gasteiger partial charge in [0, 0.05) is 4.47 Å². The summed E-state index contributed by atoms with van der Waals surface area (Å²) >= 11 is 3.64. The summed E-state index contributed by atoms with van der Waals surface area (Å²) in [6, 6.07) is 6.25. The lowest BCUT2D eigenvalue weighted by atomic mass is 9.83. The van der Waals surface area contributed by atoms with Gasteiger partial charge >= 0.3 is 0 Å². The first-order valence-electron chi connectivity index (χ1n) is 7.87. The molecule has 0 fully saturated rings. The Balaban J connectivity index is 2.42. The number of rotatable bonds is 9. The van der Waals surface area contributed by atoms with Gasteiger partial charge in [0.15, 0.2) is 0 Å². The van der Waals surface area contributed by atoms with Gasteiger partial charge < -0.3 is 10.1 Å². The minimum Gasteiger partial charge on any atom is -0.497 e. The van der Waals surface area contributed by atoms with Crippen LogP contribution in [0.25, 0.3) is 0 Å². The fourth-order valence-electron chi connectivity index (χ4n) is 2.27. The molecule has 0 amide bonds. The van der Waals surface area contributed by atoms with Gasteiger partial charge in [-0.1, -0.05) is 49.7 Å². The quantitative estimate of drug-likeness (QED) is 0.625. The Bertz CT molecular complexity index is 429. The largest absolute Gasteiger partial charge is 0.497 e. The van der Waals surface area contributed by atoms with Crippen LogP contribution in [-0.4, -0.2) is 20.2 Å². The minimum absolute atomic E-state index is 0.364. The zero-order chi connectivity index (χ0) is 15.9. The molecule has 1 N–H and O–H groups in total. The van der Waals surface area contributed by atoms with Gasteiger partial charge in [0.25, 0.3) is 0 Å². The molecule has 0 aromatic heterocycles. The van der Waals surface area contributed by atoms with Crippen molar-refractivity contribution in [1.82, 2.24) is 5.32 Å². The Morgan fingerprint density at radius 2 is 1.95 bits per heavy atom. The first-order valence-corrected chi connectivity index (χ1v) is 8.66. The van der Waals surface area contributed by atoms with Crippen LogP contribution in [0.4, 0.5) is 0 Å². The van der Waals surface area contributed by atoms with Crippen LogP contribution in [0.3, 0.4) is 0 Å². The van der Waals surface area contributed by atoms with Crippen LogP contribution in [0.2, 0.25) is 0 Å². The van der Waals surface area contributed by atoms with Crippen LogP contribution in [0, 0.1) is 11.3 Å². The van der Waals surface area contributed by atoms with Crippen LogP contribution in [-0.2, 0) is 6.42 Å². The second-order valence-corrected chi connectivity index (χ2v) is 7.82. The van der Waals surface area contributed by atoms with E-state index in [0.717, 1.165) is 35.7 Å². The van der Waals surface area contributed by atoms with Crippen molar-refractivity contribution in [2.45, 2.75) is 47.0 Å². The molecule has 0 saturated carbocycles. The molecule has 21 heavy (non-hydrogen) atoms. The Morgan fingerprint density at radius 1 is 1.24 bits per heavy atom. The highest BCUT2D eigenvalue weighted by molar-refractivity contribution is 9.10. The molecular formula is C18H30BrNO. The third-order valence-electron chi connectivity index (χ3n) is 3.86. The van der Waals surface area contributed by atoms with Gasteiger partial charge in [-0.25, -0.2) is 0 Å². The van der Waals surface area contributed by atoms with E-state index in [1.54, 1.807) is 7.11 Å². The van der Waals surface area contributed by atoms with Crippen LogP contribution >= 0.6 is 15.9 Å². The highest BCUT2D eigenvalue weighted by Crippen LogP contribution is 2.30. The second-order valence-electron chi connectivity index (χ2n) is 6.97. The van der Waals surface area contributed by atoms with Gasteiger partial charge in [-0.2, -0.15) is 0 Å². The molecule has 2 nitrogen and oxygen atoms in total. The lowest BCUT2D eigenvalue weighted by Gasteiger charge is -2.25. The summed E-state index contributed by atoms with van der Waals surface area (Å²) < 4.78 is 6.39. The number of halogens is 1. The number of aryl methyl sites for hydroxylation is 1. The normalized spacial score (nSPS) is 12.0. The van der Waals surface area contributed by atoms with Gasteiger partial charge in [0.1, 0.15) is 5.75 Å². The molecule has 0 unspecified atom stereocenters. The molecular weight excluding hydrogens is 326 g/mol. The van der Waals surface area contributed by atoms with E-state index in [9.17, 15) is 0 Å². The van der Waals surface area contributed by atoms with Crippen LogP contribution in [0.5, 0.6) is 5.75 Å². The van der Waals surface area contributed by atoms with Gasteiger partial charge in [-0.05, 0) is 61.4 Å². The van der Waals surface area contributed by atoms with E-state index in [1.165, 1.54) is 18.4 Å². The highest BCUT2D eigenvalue weighted by Gasteiger charge is 2.18. The molecule has 0 aliphatic carbocycles. The molecule has 1 rings (SSSR count). The number of ether oxygens (including phenoxy) is 1. The van der Waals surface area contributed by atoms with Gasteiger partial charge in [0.2, 0.25) is 0 Å². The fraction of sp³-hybridized carbons (Fsp3) is 0.667. The average molecular weight is 356 g/mol. The molecule has 120 valence electrons. The predicted molar refractivity (Wildman–Crippen MR) is 95.1 cm³/mol. The zero-order valence-corrected chi connectivity index (χ0v) is 15.7. The molecule has 0 atom stereocenters. The summed E-state index contributed by atoms with van der Waals surface area (Å²) in [4.78, 5) is 0. The second kappa shape index (κ2) is 8.79. The Morgan fingerprint density at radius 3 is 2.52 bits per heavy atom. The number of benzene rings is 1. The monoisotopic (exact) mass is 355 g/mol. The summed E-state index contributed by atoms with van der Waals surface area (Å²) in [5.74, 6) is 1.63. The average Bonchev–Trinajstić information content (AvgIpc) is 2.42. The van der Waals surface area contributed by atoms with E-state index in [4.69, 9.17) is 4.74 Å². The van der Waals surface area contributed by atoms with Crippen molar-refractivity contribution < 1.29 is 4.74 Å². The van der Waals surface area contributed by atoms with E-state index in [0.29, 0.717) is 5.41 Å². The van der Waals surface area contributed by atoms with E-state index in [-0.39, 0.29) is 0 Å². The van der Waals surface area contributed by atoms with Gasteiger partial charge in [0.05, 0.1) is 7.11 Å². The summed E-state index contributed by atoms with van der Waals surface area (Å²) in [5.41, 5.74) is 1.72. The smallest absolute Gasteiger partial charge is 0.120 e. The molecule has 0 aliphatic heterocycles. The SMILES string of the molecule is COc1ccc(CCC(C)(C)CCNCC(C)C)c(Br)c1. The highest BCUT2D eigenvalue weighted by atomic mass is 79.9. The number of methoxy groups -OCH3 is 1. The van der Waals surface area contributed by atoms with E-state index in [1.807, 2.05) is 12.1 Å². The lowest BCUT2D eigenvalue weighted by molar-refractivity contribution is 0.300. The molecule has 0 aliphatic rings. The molecule has 0 saturated heterocycles. The van der Waals surface area contributed by atoms with E-state index in [2.05, 4.69) is 55.0 Å². The van der Waals surface area contributed by atoms with E-state index < -0.39 is 0 Å². The number of nitrogens with one attached hydrogen (secondary N) is 1. The predicted octanol–water partition coefficient (Wildman–Crippen LogP) is 5.05. The first kappa shape index (κ1) is 18.5. The molecule has 3 heteroatoms. The molecule has 0 spiro atoms. The van der Waals surface area contributed by atoms with Crippen LogP contribution in [0.1, 0.15) is 46.1 Å². The maximum Gasteiger partial charge on any atom is 0.120 e. The summed E-state index contributed by atoms with van der Waals surface area (Å²) in [7, 11) is 1.70. The fourth-order valence-corrected chi connectivity index (χ4v) is 2.83. The Labute approximate surface area is 138 Å². The van der Waals surface area contributed by atoms with Crippen LogP contribution in [0.15, 0.2) is 22.7 Å². The van der Waals surface area contributed by atoms with Crippen molar-refractivity contribution in [2.75, 3.05) is 20.2 Å². The third-order valence-corrected chi connectivity index (χ3v) is 4.60. The topological polar surface area (TPSA) is 21.3 Å². The summed E-state index contributed by atoms with van der Waals surface area (Å²) in [6.45, 7) is 11.4. The Hall–Kier alpha value is -0.540. The molecule has 1 aromatic carbocycles. The molecule has 0 radical (unpaired) electrons. The van der Waals surface area contributed by atoms with Gasteiger partial charge in [-0.3, -0.25) is 0 Å². The van der Waals surface area contributed by atoms with Crippen LogP contribution < -0.4 is 10.1 Å². The maximum atomic E-state index is 5.24. The molecule has 0 heterocycles. The van der Waals surface area contributed by atoms with Crippen molar-refractivity contribution in [2.24, 2.45) is 11.3 Å². The zero-order valence-electron chi connectivity index (χ0n) is 14.1. The van der Waals surface area contributed by atoms with Crippen molar-refractivity contribution >= 4 is 15.9 Å². The Kier molecular flexibility index (Phi) is 7.75. The lowest BCUT2D eigenvalue weighted by Crippen LogP contribution is -2.25. The molecule has 0 bridgehead atoms. The standard InChI is InChI=1S/C18H30BrNO/c1-14(2)13-20-11-10-18(3,4)9-8-15-6-7-16(21-5)12-17(15)19/h6-7,12,14,20H,8-11,13H2,1-5H3. The first-order chi connectivity index (χ1) is 9.84. The minimum atomic E-state index is 0.364. The summed E-state index contributed by atoms with van der Waals surface area (Å²) in [5, 5.41) is 3.54.